The second-order valence-electron chi connectivity index (χ2n) is 2.88. The molecule has 0 unspecified atom stereocenters. The number of rotatable bonds is 0. The largest absolute Gasteiger partial charge is 0.422 e. The van der Waals surface area contributed by atoms with Gasteiger partial charge in [-0.2, -0.15) is 0 Å². The molecule has 0 aliphatic carbocycles. The summed E-state index contributed by atoms with van der Waals surface area (Å²) in [5, 5.41) is 0.937. The Balaban J connectivity index is 2.97. The van der Waals surface area contributed by atoms with Crippen LogP contribution in [0.3, 0.4) is 0 Å². The first-order valence-corrected chi connectivity index (χ1v) is 4.67. The van der Waals surface area contributed by atoms with Crippen molar-refractivity contribution in [2.24, 2.45) is 0 Å². The lowest BCUT2D eigenvalue weighted by Gasteiger charge is -1.99. The van der Waals surface area contributed by atoms with E-state index in [9.17, 15) is 4.79 Å². The van der Waals surface area contributed by atoms with Gasteiger partial charge in [-0.3, -0.25) is 0 Å². The maximum Gasteiger partial charge on any atom is 0.350 e. The van der Waals surface area contributed by atoms with Gasteiger partial charge in [0.25, 0.3) is 0 Å². The van der Waals surface area contributed by atoms with Crippen LogP contribution >= 0.6 is 15.9 Å². The summed E-state index contributed by atoms with van der Waals surface area (Å²) in [6, 6.07) is 7.54. The average Bonchev–Trinajstić information content (AvgIpc) is 2.09. The Kier molecular flexibility index (Phi) is 1.96. The molecule has 2 rings (SSSR count). The maximum atomic E-state index is 11.2. The highest BCUT2D eigenvalue weighted by molar-refractivity contribution is 9.10. The normalized spacial score (nSPS) is 10.6. The number of para-hydroxylation sites is 1. The minimum Gasteiger partial charge on any atom is -0.422 e. The predicted octanol–water partition coefficient (Wildman–Crippen LogP) is 2.86. The topological polar surface area (TPSA) is 30.2 Å². The minimum atomic E-state index is -0.332. The lowest BCUT2D eigenvalue weighted by atomic mass is 10.1. The van der Waals surface area contributed by atoms with E-state index in [1.54, 1.807) is 6.07 Å². The van der Waals surface area contributed by atoms with Crippen LogP contribution in [0.15, 0.2) is 37.9 Å². The number of aryl methyl sites for hydroxylation is 1. The first-order chi connectivity index (χ1) is 6.18. The van der Waals surface area contributed by atoms with Gasteiger partial charge in [0, 0.05) is 5.39 Å². The van der Waals surface area contributed by atoms with E-state index < -0.39 is 0 Å². The molecule has 0 bridgehead atoms. The summed E-state index contributed by atoms with van der Waals surface area (Å²) in [5.41, 5.74) is 1.31. The molecular weight excluding hydrogens is 232 g/mol. The van der Waals surface area contributed by atoms with Gasteiger partial charge in [-0.15, -0.1) is 0 Å². The number of hydrogen-bond donors (Lipinski definition) is 0. The lowest BCUT2D eigenvalue weighted by Crippen LogP contribution is -1.99. The van der Waals surface area contributed by atoms with E-state index in [0.29, 0.717) is 10.1 Å². The van der Waals surface area contributed by atoms with Crippen molar-refractivity contribution in [2.45, 2.75) is 6.92 Å². The van der Waals surface area contributed by atoms with Gasteiger partial charge in [-0.1, -0.05) is 18.2 Å². The fraction of sp³-hybridized carbons (Fsp3) is 0.100. The van der Waals surface area contributed by atoms with E-state index >= 15 is 0 Å². The van der Waals surface area contributed by atoms with Crippen LogP contribution in [0.25, 0.3) is 11.0 Å². The molecule has 0 spiro atoms. The van der Waals surface area contributed by atoms with Crippen molar-refractivity contribution in [1.29, 1.82) is 0 Å². The van der Waals surface area contributed by atoms with Gasteiger partial charge < -0.3 is 4.42 Å². The first kappa shape index (κ1) is 8.51. The van der Waals surface area contributed by atoms with Crippen LogP contribution in [-0.4, -0.2) is 0 Å². The molecule has 0 saturated heterocycles. The minimum absolute atomic E-state index is 0.332. The summed E-state index contributed by atoms with van der Waals surface area (Å²) in [7, 11) is 0. The molecule has 1 heterocycles. The van der Waals surface area contributed by atoms with E-state index in [1.807, 2.05) is 25.1 Å². The molecule has 0 N–H and O–H groups in total. The van der Waals surface area contributed by atoms with Crippen LogP contribution < -0.4 is 5.63 Å². The van der Waals surface area contributed by atoms with Crippen molar-refractivity contribution in [3.05, 3.63) is 44.7 Å². The van der Waals surface area contributed by atoms with Gasteiger partial charge in [0.05, 0.1) is 0 Å². The van der Waals surface area contributed by atoms with Crippen molar-refractivity contribution >= 4 is 26.9 Å². The van der Waals surface area contributed by atoms with Gasteiger partial charge in [0.15, 0.2) is 0 Å². The molecule has 0 atom stereocenters. The Morgan fingerprint density at radius 2 is 2.15 bits per heavy atom. The lowest BCUT2D eigenvalue weighted by molar-refractivity contribution is 0.554. The predicted molar refractivity (Wildman–Crippen MR) is 54.9 cm³/mol. The second kappa shape index (κ2) is 3.00. The summed E-state index contributed by atoms with van der Waals surface area (Å²) >= 11 is 3.13. The van der Waals surface area contributed by atoms with Gasteiger partial charge in [0.2, 0.25) is 0 Å². The highest BCUT2D eigenvalue weighted by Crippen LogP contribution is 2.18. The third-order valence-corrected chi connectivity index (χ3v) is 2.47. The smallest absolute Gasteiger partial charge is 0.350 e. The van der Waals surface area contributed by atoms with Crippen LogP contribution in [0.2, 0.25) is 0 Å². The zero-order valence-corrected chi connectivity index (χ0v) is 8.59. The Bertz CT molecular complexity index is 514. The average molecular weight is 239 g/mol. The molecule has 0 aliphatic heterocycles. The molecule has 0 saturated carbocycles. The van der Waals surface area contributed by atoms with Crippen molar-refractivity contribution in [1.82, 2.24) is 0 Å². The number of benzene rings is 1. The van der Waals surface area contributed by atoms with Gasteiger partial charge in [-0.25, -0.2) is 4.79 Å². The molecule has 66 valence electrons. The summed E-state index contributed by atoms with van der Waals surface area (Å²) in [6.07, 6.45) is 0. The van der Waals surface area contributed by atoms with Crippen LogP contribution in [0.4, 0.5) is 0 Å². The van der Waals surface area contributed by atoms with Crippen LogP contribution in [0, 0.1) is 6.92 Å². The summed E-state index contributed by atoms with van der Waals surface area (Å²) in [4.78, 5) is 11.2. The Morgan fingerprint density at radius 1 is 1.38 bits per heavy atom. The molecule has 0 fully saturated rings. The van der Waals surface area contributed by atoms with E-state index in [1.165, 1.54) is 0 Å². The molecule has 2 nitrogen and oxygen atoms in total. The first-order valence-electron chi connectivity index (χ1n) is 3.87. The third kappa shape index (κ3) is 1.40. The monoisotopic (exact) mass is 238 g/mol. The molecular formula is C10H7BrO2. The summed E-state index contributed by atoms with van der Waals surface area (Å²) in [6.45, 7) is 1.92. The van der Waals surface area contributed by atoms with E-state index in [0.717, 1.165) is 10.9 Å². The van der Waals surface area contributed by atoms with Gasteiger partial charge >= 0.3 is 5.63 Å². The summed E-state index contributed by atoms with van der Waals surface area (Å²) < 4.78 is 5.58. The molecule has 0 radical (unpaired) electrons. The molecule has 0 aliphatic rings. The van der Waals surface area contributed by atoms with Gasteiger partial charge in [-0.05, 0) is 34.5 Å². The molecule has 1 aromatic carbocycles. The van der Waals surface area contributed by atoms with Crippen molar-refractivity contribution in [3.63, 3.8) is 0 Å². The number of hydrogen-bond acceptors (Lipinski definition) is 2. The quantitative estimate of drug-likeness (QED) is 0.661. The Labute approximate surface area is 83.3 Å². The van der Waals surface area contributed by atoms with E-state index in [4.69, 9.17) is 4.42 Å². The van der Waals surface area contributed by atoms with Crippen LogP contribution in [0.1, 0.15) is 5.56 Å². The van der Waals surface area contributed by atoms with Crippen LogP contribution in [-0.2, 0) is 0 Å². The molecule has 2 aromatic rings. The van der Waals surface area contributed by atoms with Crippen molar-refractivity contribution in [3.8, 4) is 0 Å². The van der Waals surface area contributed by atoms with Crippen LogP contribution in [0.5, 0.6) is 0 Å². The fourth-order valence-corrected chi connectivity index (χ4v) is 1.59. The second-order valence-corrected chi connectivity index (χ2v) is 3.73. The number of halogens is 1. The zero-order valence-electron chi connectivity index (χ0n) is 7.00. The molecule has 13 heavy (non-hydrogen) atoms. The number of fused-ring (bicyclic) bond motifs is 1. The fourth-order valence-electron chi connectivity index (χ4n) is 1.27. The SMILES string of the molecule is Cc1cccc2cc(Br)c(=O)oc12. The molecule has 0 amide bonds. The molecule has 1 aromatic heterocycles. The zero-order chi connectivity index (χ0) is 9.42. The van der Waals surface area contributed by atoms with Gasteiger partial charge in [0.1, 0.15) is 10.1 Å². The van der Waals surface area contributed by atoms with Crippen molar-refractivity contribution in [2.75, 3.05) is 0 Å². The highest BCUT2D eigenvalue weighted by Gasteiger charge is 2.03. The Morgan fingerprint density at radius 3 is 2.92 bits per heavy atom. The maximum absolute atomic E-state index is 11.2. The Hall–Kier alpha value is -1.09. The third-order valence-electron chi connectivity index (χ3n) is 1.91. The summed E-state index contributed by atoms with van der Waals surface area (Å²) in [5.74, 6) is 0. The highest BCUT2D eigenvalue weighted by atomic mass is 79.9. The van der Waals surface area contributed by atoms with E-state index in [2.05, 4.69) is 15.9 Å². The van der Waals surface area contributed by atoms with E-state index in [-0.39, 0.29) is 5.63 Å². The standard InChI is InChI=1S/C10H7BrO2/c1-6-3-2-4-7-5-8(11)10(12)13-9(6)7/h2-5H,1H3. The molecule has 3 heteroatoms. The van der Waals surface area contributed by atoms with Crippen molar-refractivity contribution < 1.29 is 4.42 Å².